The van der Waals surface area contributed by atoms with Gasteiger partial charge in [-0.2, -0.15) is 0 Å². The van der Waals surface area contributed by atoms with Gasteiger partial charge in [0, 0.05) is 6.42 Å². The van der Waals surface area contributed by atoms with E-state index in [0.29, 0.717) is 22.7 Å². The lowest BCUT2D eigenvalue weighted by Gasteiger charge is -2.03. The van der Waals surface area contributed by atoms with Crippen LogP contribution in [0.5, 0.6) is 0 Å². The Bertz CT molecular complexity index is 584. The average molecular weight is 265 g/mol. The van der Waals surface area contributed by atoms with Gasteiger partial charge in [-0.25, -0.2) is 4.79 Å². The normalized spacial score (nSPS) is 10.3. The number of anilines is 1. The first-order chi connectivity index (χ1) is 8.63. The molecule has 2 rings (SSSR count). The highest BCUT2D eigenvalue weighted by atomic mass is 32.1. The van der Waals surface area contributed by atoms with Gasteiger partial charge in [0.05, 0.1) is 17.4 Å². The highest BCUT2D eigenvalue weighted by Crippen LogP contribution is 2.24. The second-order valence-corrected chi connectivity index (χ2v) is 4.45. The van der Waals surface area contributed by atoms with Crippen LogP contribution in [0.15, 0.2) is 28.2 Å². The van der Waals surface area contributed by atoms with Gasteiger partial charge in [0.15, 0.2) is 0 Å². The first-order valence-electron chi connectivity index (χ1n) is 5.32. The quantitative estimate of drug-likeness (QED) is 0.890. The third-order valence-electron chi connectivity index (χ3n) is 2.43. The lowest BCUT2D eigenvalue weighted by Crippen LogP contribution is -2.13. The van der Waals surface area contributed by atoms with Gasteiger partial charge >= 0.3 is 5.97 Å². The molecule has 94 valence electrons. The van der Waals surface area contributed by atoms with E-state index in [1.165, 1.54) is 23.7 Å². The molecule has 2 heterocycles. The van der Waals surface area contributed by atoms with Crippen LogP contribution in [-0.2, 0) is 6.42 Å². The van der Waals surface area contributed by atoms with Crippen molar-refractivity contribution < 1.29 is 19.1 Å². The number of thiophene rings is 1. The van der Waals surface area contributed by atoms with Gasteiger partial charge in [0.1, 0.15) is 10.8 Å². The molecule has 0 saturated carbocycles. The van der Waals surface area contributed by atoms with Gasteiger partial charge in [-0.05, 0) is 17.5 Å². The Balaban J connectivity index is 2.22. The van der Waals surface area contributed by atoms with Crippen molar-refractivity contribution in [1.29, 1.82) is 0 Å². The van der Waals surface area contributed by atoms with Crippen LogP contribution in [0.25, 0.3) is 0 Å². The van der Waals surface area contributed by atoms with Gasteiger partial charge < -0.3 is 14.8 Å². The van der Waals surface area contributed by atoms with Crippen LogP contribution in [0.3, 0.4) is 0 Å². The zero-order chi connectivity index (χ0) is 13.1. The second kappa shape index (κ2) is 5.05. The van der Waals surface area contributed by atoms with Crippen LogP contribution in [-0.4, -0.2) is 17.0 Å². The predicted molar refractivity (Wildman–Crippen MR) is 67.3 cm³/mol. The summed E-state index contributed by atoms with van der Waals surface area (Å²) in [4.78, 5) is 22.9. The monoisotopic (exact) mass is 265 g/mol. The molecule has 6 heteroatoms. The van der Waals surface area contributed by atoms with Crippen LogP contribution in [0.4, 0.5) is 5.00 Å². The number of aromatic carboxylic acids is 1. The number of furan rings is 1. The van der Waals surface area contributed by atoms with E-state index in [2.05, 4.69) is 5.32 Å². The first-order valence-corrected chi connectivity index (χ1v) is 6.20. The minimum Gasteiger partial charge on any atom is -0.478 e. The van der Waals surface area contributed by atoms with Crippen LogP contribution in [0.1, 0.15) is 33.4 Å². The molecule has 0 radical (unpaired) electrons. The van der Waals surface area contributed by atoms with E-state index in [0.717, 1.165) is 0 Å². The molecule has 1 amide bonds. The summed E-state index contributed by atoms with van der Waals surface area (Å²) in [5, 5.41) is 13.5. The second-order valence-electron chi connectivity index (χ2n) is 3.53. The Morgan fingerprint density at radius 3 is 2.83 bits per heavy atom. The fourth-order valence-corrected chi connectivity index (χ4v) is 2.34. The van der Waals surface area contributed by atoms with Gasteiger partial charge in [-0.15, -0.1) is 11.3 Å². The van der Waals surface area contributed by atoms with E-state index in [-0.39, 0.29) is 11.5 Å². The van der Waals surface area contributed by atoms with E-state index in [4.69, 9.17) is 9.52 Å². The van der Waals surface area contributed by atoms with Crippen molar-refractivity contribution in [3.63, 3.8) is 0 Å². The van der Waals surface area contributed by atoms with Crippen LogP contribution in [0, 0.1) is 0 Å². The lowest BCUT2D eigenvalue weighted by molar-refractivity contribution is 0.0698. The molecule has 0 aliphatic heterocycles. The Morgan fingerprint density at radius 1 is 1.39 bits per heavy atom. The van der Waals surface area contributed by atoms with Crippen molar-refractivity contribution >= 4 is 28.2 Å². The van der Waals surface area contributed by atoms with Crippen molar-refractivity contribution in [2.45, 2.75) is 13.3 Å². The third-order valence-corrected chi connectivity index (χ3v) is 3.26. The molecule has 0 aliphatic carbocycles. The third kappa shape index (κ3) is 2.28. The van der Waals surface area contributed by atoms with E-state index < -0.39 is 5.97 Å². The maximum absolute atomic E-state index is 12.0. The van der Waals surface area contributed by atoms with Gasteiger partial charge in [-0.1, -0.05) is 6.92 Å². The molecule has 0 fully saturated rings. The topological polar surface area (TPSA) is 79.5 Å². The molecule has 0 saturated heterocycles. The largest absolute Gasteiger partial charge is 0.478 e. The first kappa shape index (κ1) is 12.4. The van der Waals surface area contributed by atoms with Gasteiger partial charge in [0.25, 0.3) is 5.91 Å². The van der Waals surface area contributed by atoms with Crippen LogP contribution < -0.4 is 5.32 Å². The SMILES string of the molecule is CCc1occc1C(=O)Nc1sccc1C(=O)O. The maximum atomic E-state index is 12.0. The van der Waals surface area contributed by atoms with Crippen molar-refractivity contribution in [2.75, 3.05) is 5.32 Å². The fourth-order valence-electron chi connectivity index (χ4n) is 1.56. The van der Waals surface area contributed by atoms with Crippen molar-refractivity contribution in [3.05, 3.63) is 40.7 Å². The Kier molecular flexibility index (Phi) is 3.47. The molecular weight excluding hydrogens is 254 g/mol. The molecule has 18 heavy (non-hydrogen) atoms. The van der Waals surface area contributed by atoms with E-state index in [9.17, 15) is 9.59 Å². The number of rotatable bonds is 4. The molecule has 0 bridgehead atoms. The number of carboxylic acid groups (broad SMARTS) is 1. The summed E-state index contributed by atoms with van der Waals surface area (Å²) in [7, 11) is 0. The summed E-state index contributed by atoms with van der Waals surface area (Å²) in [5.74, 6) is -0.832. The average Bonchev–Trinajstić information content (AvgIpc) is 2.96. The molecule has 2 aromatic rings. The van der Waals surface area contributed by atoms with E-state index in [1.54, 1.807) is 11.4 Å². The van der Waals surface area contributed by atoms with Crippen LogP contribution in [0.2, 0.25) is 0 Å². The van der Waals surface area contributed by atoms with Crippen molar-refractivity contribution in [1.82, 2.24) is 0 Å². The van der Waals surface area contributed by atoms with E-state index >= 15 is 0 Å². The smallest absolute Gasteiger partial charge is 0.338 e. The lowest BCUT2D eigenvalue weighted by atomic mass is 10.2. The Hall–Kier alpha value is -2.08. The number of hydrogen-bond donors (Lipinski definition) is 2. The maximum Gasteiger partial charge on any atom is 0.338 e. The zero-order valence-electron chi connectivity index (χ0n) is 9.60. The van der Waals surface area contributed by atoms with Crippen molar-refractivity contribution in [3.8, 4) is 0 Å². The highest BCUT2D eigenvalue weighted by molar-refractivity contribution is 7.14. The number of hydrogen-bond acceptors (Lipinski definition) is 4. The van der Waals surface area contributed by atoms with Gasteiger partial charge in [-0.3, -0.25) is 4.79 Å². The molecule has 0 aromatic carbocycles. The molecule has 0 unspecified atom stereocenters. The minimum absolute atomic E-state index is 0.0925. The highest BCUT2D eigenvalue weighted by Gasteiger charge is 2.17. The number of carbonyl (C=O) groups is 2. The summed E-state index contributed by atoms with van der Waals surface area (Å²) in [6.07, 6.45) is 2.05. The molecule has 0 atom stereocenters. The summed E-state index contributed by atoms with van der Waals surface area (Å²) >= 11 is 1.17. The minimum atomic E-state index is -1.06. The summed E-state index contributed by atoms with van der Waals surface area (Å²) in [5.41, 5.74) is 0.525. The number of aryl methyl sites for hydroxylation is 1. The van der Waals surface area contributed by atoms with Crippen LogP contribution >= 0.6 is 11.3 Å². The summed E-state index contributed by atoms with van der Waals surface area (Å²) < 4.78 is 5.16. The molecule has 2 N–H and O–H groups in total. The van der Waals surface area contributed by atoms with E-state index in [1.807, 2.05) is 6.92 Å². The molecule has 2 aromatic heterocycles. The number of amides is 1. The molecule has 0 spiro atoms. The fraction of sp³-hybridized carbons (Fsp3) is 0.167. The number of nitrogens with one attached hydrogen (secondary N) is 1. The number of carboxylic acids is 1. The Labute approximate surface area is 107 Å². The predicted octanol–water partition coefficient (Wildman–Crippen LogP) is 2.85. The van der Waals surface area contributed by atoms with Gasteiger partial charge in [0.2, 0.25) is 0 Å². The number of carbonyl (C=O) groups excluding carboxylic acids is 1. The standard InChI is InChI=1S/C12H11NO4S/c1-2-9-7(3-5-17-9)10(14)13-11-8(12(15)16)4-6-18-11/h3-6H,2H2,1H3,(H,13,14)(H,15,16). The summed E-state index contributed by atoms with van der Waals surface area (Å²) in [6, 6.07) is 3.03. The summed E-state index contributed by atoms with van der Waals surface area (Å²) in [6.45, 7) is 1.88. The molecular formula is C12H11NO4S. The Morgan fingerprint density at radius 2 is 2.17 bits per heavy atom. The molecule has 0 aliphatic rings. The van der Waals surface area contributed by atoms with Crippen molar-refractivity contribution in [2.24, 2.45) is 0 Å². The molecule has 5 nitrogen and oxygen atoms in total. The zero-order valence-corrected chi connectivity index (χ0v) is 10.4.